The Hall–Kier alpha value is -1.79. The average molecular weight is 272 g/mol. The van der Waals surface area contributed by atoms with Gasteiger partial charge in [-0.15, -0.1) is 0 Å². The number of amides is 1. The van der Waals surface area contributed by atoms with Crippen molar-refractivity contribution in [2.75, 3.05) is 13.1 Å². The summed E-state index contributed by atoms with van der Waals surface area (Å²) >= 11 is 0. The van der Waals surface area contributed by atoms with Gasteiger partial charge in [0.25, 0.3) is 5.91 Å². The van der Waals surface area contributed by atoms with Crippen LogP contribution in [0, 0.1) is 23.2 Å². The van der Waals surface area contributed by atoms with Crippen LogP contribution in [0.4, 0.5) is 0 Å². The number of nitrogens with one attached hydrogen (secondary N) is 1. The Labute approximate surface area is 121 Å². The van der Waals surface area contributed by atoms with Gasteiger partial charge in [0, 0.05) is 12.1 Å². The summed E-state index contributed by atoms with van der Waals surface area (Å²) in [5.41, 5.74) is 6.87. The molecule has 1 unspecified atom stereocenters. The van der Waals surface area contributed by atoms with Crippen LogP contribution in [0.1, 0.15) is 43.6 Å². The van der Waals surface area contributed by atoms with Crippen molar-refractivity contribution in [3.05, 3.63) is 35.4 Å². The Morgan fingerprint density at radius 2 is 2.00 bits per heavy atom. The molecule has 3 heteroatoms. The molecule has 0 saturated heterocycles. The molecule has 3 N–H and O–H groups in total. The zero-order valence-corrected chi connectivity index (χ0v) is 12.8. The molecule has 0 aliphatic carbocycles. The molecule has 0 bridgehead atoms. The summed E-state index contributed by atoms with van der Waals surface area (Å²) in [7, 11) is 0. The lowest BCUT2D eigenvalue weighted by molar-refractivity contribution is 0.0937. The number of nitrogens with two attached hydrogens (primary N) is 1. The lowest BCUT2D eigenvalue weighted by Crippen LogP contribution is -2.34. The molecule has 1 aromatic carbocycles. The lowest BCUT2D eigenvalue weighted by atomic mass is 9.82. The zero-order chi connectivity index (χ0) is 15.2. The van der Waals surface area contributed by atoms with Gasteiger partial charge in [0.1, 0.15) is 0 Å². The average Bonchev–Trinajstić information content (AvgIpc) is 2.41. The van der Waals surface area contributed by atoms with E-state index in [-0.39, 0.29) is 17.9 Å². The molecule has 1 rings (SSSR count). The molecule has 1 aromatic rings. The minimum Gasteiger partial charge on any atom is -0.352 e. The van der Waals surface area contributed by atoms with Crippen LogP contribution >= 0.6 is 0 Å². The summed E-state index contributed by atoms with van der Waals surface area (Å²) in [6, 6.07) is 7.34. The number of hydrogen-bond donors (Lipinski definition) is 2. The first-order valence-corrected chi connectivity index (χ1v) is 6.92. The van der Waals surface area contributed by atoms with E-state index >= 15 is 0 Å². The Morgan fingerprint density at radius 3 is 2.60 bits per heavy atom. The summed E-state index contributed by atoms with van der Waals surface area (Å²) in [4.78, 5) is 12.2. The van der Waals surface area contributed by atoms with E-state index in [1.807, 2.05) is 18.2 Å². The van der Waals surface area contributed by atoms with Gasteiger partial charge >= 0.3 is 0 Å². The van der Waals surface area contributed by atoms with E-state index in [1.54, 1.807) is 6.07 Å². The van der Waals surface area contributed by atoms with Crippen LogP contribution in [0.15, 0.2) is 24.3 Å². The molecule has 108 valence electrons. The molecule has 1 atom stereocenters. The van der Waals surface area contributed by atoms with E-state index in [1.165, 1.54) is 0 Å². The number of benzene rings is 1. The highest BCUT2D eigenvalue weighted by molar-refractivity contribution is 5.96. The van der Waals surface area contributed by atoms with Crippen molar-refractivity contribution in [3.8, 4) is 11.8 Å². The fraction of sp³-hybridized carbons (Fsp3) is 0.471. The van der Waals surface area contributed by atoms with Crippen molar-refractivity contribution >= 4 is 5.91 Å². The zero-order valence-electron chi connectivity index (χ0n) is 12.8. The normalized spacial score (nSPS) is 12.2. The SMILES string of the molecule is CC(CNC(=O)c1ccccc1C#CCN)C(C)(C)C. The van der Waals surface area contributed by atoms with Crippen molar-refractivity contribution in [3.63, 3.8) is 0 Å². The van der Waals surface area contributed by atoms with Gasteiger partial charge in [-0.05, 0) is 23.5 Å². The number of carbonyl (C=O) groups excluding carboxylic acids is 1. The molecule has 0 aliphatic rings. The topological polar surface area (TPSA) is 55.1 Å². The highest BCUT2D eigenvalue weighted by Crippen LogP contribution is 2.24. The molecule has 3 nitrogen and oxygen atoms in total. The third-order valence-electron chi connectivity index (χ3n) is 3.54. The largest absolute Gasteiger partial charge is 0.352 e. The molecule has 0 aliphatic heterocycles. The maximum atomic E-state index is 12.2. The Balaban J connectivity index is 2.78. The second kappa shape index (κ2) is 7.12. The third-order valence-corrected chi connectivity index (χ3v) is 3.54. The lowest BCUT2D eigenvalue weighted by Gasteiger charge is -2.27. The summed E-state index contributed by atoms with van der Waals surface area (Å²) in [6.07, 6.45) is 0. The van der Waals surface area contributed by atoms with Gasteiger partial charge in [0.05, 0.1) is 12.1 Å². The fourth-order valence-electron chi connectivity index (χ4n) is 1.58. The van der Waals surface area contributed by atoms with Gasteiger partial charge in [-0.25, -0.2) is 0 Å². The van der Waals surface area contributed by atoms with E-state index in [4.69, 9.17) is 5.73 Å². The summed E-state index contributed by atoms with van der Waals surface area (Å²) in [6.45, 7) is 9.60. The summed E-state index contributed by atoms with van der Waals surface area (Å²) < 4.78 is 0. The van der Waals surface area contributed by atoms with Crippen LogP contribution in [0.3, 0.4) is 0 Å². The smallest absolute Gasteiger partial charge is 0.252 e. The van der Waals surface area contributed by atoms with Crippen LogP contribution in [0.2, 0.25) is 0 Å². The van der Waals surface area contributed by atoms with E-state index in [0.29, 0.717) is 18.0 Å². The van der Waals surface area contributed by atoms with Gasteiger partial charge in [-0.1, -0.05) is 51.7 Å². The van der Waals surface area contributed by atoms with Crippen LogP contribution in [0.25, 0.3) is 0 Å². The Morgan fingerprint density at radius 1 is 1.35 bits per heavy atom. The van der Waals surface area contributed by atoms with E-state index in [0.717, 1.165) is 5.56 Å². The molecule has 0 radical (unpaired) electrons. The van der Waals surface area contributed by atoms with E-state index in [9.17, 15) is 4.79 Å². The van der Waals surface area contributed by atoms with Crippen molar-refractivity contribution in [2.45, 2.75) is 27.7 Å². The Kier molecular flexibility index (Phi) is 5.79. The minimum absolute atomic E-state index is 0.0805. The minimum atomic E-state index is -0.0805. The molecule has 0 saturated carbocycles. The fourth-order valence-corrected chi connectivity index (χ4v) is 1.58. The van der Waals surface area contributed by atoms with Crippen LogP contribution < -0.4 is 11.1 Å². The molecule has 0 fully saturated rings. The van der Waals surface area contributed by atoms with Crippen LogP contribution in [0.5, 0.6) is 0 Å². The first-order valence-electron chi connectivity index (χ1n) is 6.92. The van der Waals surface area contributed by atoms with Crippen molar-refractivity contribution in [1.82, 2.24) is 5.32 Å². The highest BCUT2D eigenvalue weighted by atomic mass is 16.1. The van der Waals surface area contributed by atoms with Gasteiger partial charge in [0.2, 0.25) is 0 Å². The van der Waals surface area contributed by atoms with E-state index in [2.05, 4.69) is 44.9 Å². The standard InChI is InChI=1S/C17H24N2O/c1-13(17(2,3)4)12-19-16(20)15-10-6-5-8-14(15)9-7-11-18/h5-6,8,10,13H,11-12,18H2,1-4H3,(H,19,20). The van der Waals surface area contributed by atoms with Crippen molar-refractivity contribution in [2.24, 2.45) is 17.1 Å². The first kappa shape index (κ1) is 16.3. The second-order valence-electron chi connectivity index (χ2n) is 6.03. The van der Waals surface area contributed by atoms with Crippen LogP contribution in [-0.2, 0) is 0 Å². The monoisotopic (exact) mass is 272 g/mol. The molecular formula is C17H24N2O. The number of carbonyl (C=O) groups is 1. The molecular weight excluding hydrogens is 248 g/mol. The quantitative estimate of drug-likeness (QED) is 0.830. The van der Waals surface area contributed by atoms with Crippen molar-refractivity contribution in [1.29, 1.82) is 0 Å². The van der Waals surface area contributed by atoms with Gasteiger partial charge in [-0.2, -0.15) is 0 Å². The first-order chi connectivity index (χ1) is 9.36. The Bertz CT molecular complexity index is 518. The second-order valence-corrected chi connectivity index (χ2v) is 6.03. The predicted octanol–water partition coefficient (Wildman–Crippen LogP) is 2.41. The molecule has 0 spiro atoms. The molecule has 0 heterocycles. The van der Waals surface area contributed by atoms with Gasteiger partial charge in [0.15, 0.2) is 0 Å². The molecule has 1 amide bonds. The summed E-state index contributed by atoms with van der Waals surface area (Å²) in [5, 5.41) is 2.98. The van der Waals surface area contributed by atoms with Gasteiger partial charge < -0.3 is 11.1 Å². The predicted molar refractivity (Wildman–Crippen MR) is 83.3 cm³/mol. The highest BCUT2D eigenvalue weighted by Gasteiger charge is 2.20. The number of rotatable bonds is 3. The molecule has 20 heavy (non-hydrogen) atoms. The van der Waals surface area contributed by atoms with Crippen LogP contribution in [-0.4, -0.2) is 19.0 Å². The van der Waals surface area contributed by atoms with Gasteiger partial charge in [-0.3, -0.25) is 4.79 Å². The maximum Gasteiger partial charge on any atom is 0.252 e. The van der Waals surface area contributed by atoms with Crippen molar-refractivity contribution < 1.29 is 4.79 Å². The summed E-state index contributed by atoms with van der Waals surface area (Å²) in [5.74, 6) is 6.04. The third kappa shape index (κ3) is 4.71. The maximum absolute atomic E-state index is 12.2. The number of hydrogen-bond acceptors (Lipinski definition) is 2. The van der Waals surface area contributed by atoms with E-state index < -0.39 is 0 Å². The molecule has 0 aromatic heterocycles.